The van der Waals surface area contributed by atoms with Crippen molar-refractivity contribution in [2.24, 2.45) is 0 Å². The molecule has 142 valence electrons. The second kappa shape index (κ2) is 10.3. The van der Waals surface area contributed by atoms with Crippen LogP contribution in [-0.4, -0.2) is 25.2 Å². The number of halogens is 1. The third kappa shape index (κ3) is 4.87. The fourth-order valence-corrected chi connectivity index (χ4v) is 3.69. The Balaban J connectivity index is 0.00000338. The number of ether oxygens (including phenoxy) is 1. The molecule has 2 aromatic carbocycles. The van der Waals surface area contributed by atoms with E-state index in [4.69, 9.17) is 4.74 Å². The van der Waals surface area contributed by atoms with Gasteiger partial charge in [-0.05, 0) is 37.9 Å². The zero-order valence-corrected chi connectivity index (χ0v) is 16.9. The molecule has 0 unspecified atom stereocenters. The summed E-state index contributed by atoms with van der Waals surface area (Å²) in [5, 5.41) is 3.35. The van der Waals surface area contributed by atoms with E-state index in [1.165, 1.54) is 18.1 Å². The molecule has 1 N–H and O–H groups in total. The van der Waals surface area contributed by atoms with Crippen LogP contribution in [0, 0.1) is 0 Å². The quantitative estimate of drug-likeness (QED) is 0.677. The number of nitrogens with one attached hydrogen (secondary N) is 1. The van der Waals surface area contributed by atoms with E-state index in [1.54, 1.807) is 0 Å². The average Bonchev–Trinajstić information content (AvgIpc) is 2.65. The van der Waals surface area contributed by atoms with Gasteiger partial charge in [-0.1, -0.05) is 67.6 Å². The number of hydrogen-bond acceptors (Lipinski definition) is 3. The van der Waals surface area contributed by atoms with Crippen LogP contribution in [0.4, 0.5) is 0 Å². The monoisotopic (exact) mass is 375 g/mol. The van der Waals surface area contributed by atoms with Crippen molar-refractivity contribution >= 4 is 18.4 Å². The van der Waals surface area contributed by atoms with Gasteiger partial charge in [0.15, 0.2) is 0 Å². The van der Waals surface area contributed by atoms with Crippen LogP contribution in [0.25, 0.3) is 0 Å². The molecule has 0 aliphatic heterocycles. The lowest BCUT2D eigenvalue weighted by molar-refractivity contribution is -0.149. The van der Waals surface area contributed by atoms with Gasteiger partial charge in [-0.15, -0.1) is 12.4 Å². The van der Waals surface area contributed by atoms with Crippen molar-refractivity contribution < 1.29 is 9.53 Å². The zero-order chi connectivity index (χ0) is 18.3. The Morgan fingerprint density at radius 1 is 1.04 bits per heavy atom. The van der Waals surface area contributed by atoms with E-state index in [-0.39, 0.29) is 30.5 Å². The van der Waals surface area contributed by atoms with Crippen LogP contribution in [0.2, 0.25) is 0 Å². The second-order valence-electron chi connectivity index (χ2n) is 6.60. The van der Waals surface area contributed by atoms with Crippen molar-refractivity contribution in [3.05, 3.63) is 71.8 Å². The Morgan fingerprint density at radius 2 is 1.50 bits per heavy atom. The highest BCUT2D eigenvalue weighted by molar-refractivity contribution is 5.85. The zero-order valence-electron chi connectivity index (χ0n) is 16.1. The molecule has 0 radical (unpaired) electrons. The van der Waals surface area contributed by atoms with Crippen LogP contribution in [-0.2, 0) is 14.9 Å². The summed E-state index contributed by atoms with van der Waals surface area (Å²) >= 11 is 0. The summed E-state index contributed by atoms with van der Waals surface area (Å²) in [6.45, 7) is 5.74. The smallest absolute Gasteiger partial charge is 0.302 e. The van der Waals surface area contributed by atoms with Crippen LogP contribution >= 0.6 is 12.4 Å². The largest absolute Gasteiger partial charge is 0.461 e. The minimum atomic E-state index is -0.397. The fourth-order valence-electron chi connectivity index (χ4n) is 3.69. The molecule has 0 saturated carbocycles. The molecule has 3 nitrogen and oxygen atoms in total. The van der Waals surface area contributed by atoms with Crippen LogP contribution in [0.15, 0.2) is 60.7 Å². The summed E-state index contributed by atoms with van der Waals surface area (Å²) < 4.78 is 5.85. The minimum absolute atomic E-state index is 0. The van der Waals surface area contributed by atoms with Gasteiger partial charge in [-0.25, -0.2) is 0 Å². The van der Waals surface area contributed by atoms with Gasteiger partial charge >= 0.3 is 5.97 Å². The summed E-state index contributed by atoms with van der Waals surface area (Å²) in [5.74, 6) is -0.236. The van der Waals surface area contributed by atoms with E-state index in [0.29, 0.717) is 0 Å². The normalized spacial score (nSPS) is 13.4. The standard InChI is InChI=1S/C22H29NO2.ClH/c1-5-21(25-18(3)24)22(16-17(2)23-4,19-12-8-6-9-13-19)20-14-10-7-11-15-20;/h6-15,17,21,23H,5,16H2,1-4H3;1H/t17-,21+;/m1./s1. The number of esters is 1. The summed E-state index contributed by atoms with van der Waals surface area (Å²) in [5.41, 5.74) is 1.96. The number of hydrogen-bond donors (Lipinski definition) is 1. The lowest BCUT2D eigenvalue weighted by atomic mass is 9.66. The maximum Gasteiger partial charge on any atom is 0.302 e. The van der Waals surface area contributed by atoms with E-state index in [1.807, 2.05) is 19.2 Å². The van der Waals surface area contributed by atoms with Crippen LogP contribution in [0.1, 0.15) is 44.7 Å². The number of benzene rings is 2. The van der Waals surface area contributed by atoms with Crippen LogP contribution < -0.4 is 5.32 Å². The predicted octanol–water partition coefficient (Wildman–Crippen LogP) is 4.73. The van der Waals surface area contributed by atoms with Gasteiger partial charge in [0.2, 0.25) is 0 Å². The van der Waals surface area contributed by atoms with Crippen molar-refractivity contribution in [1.29, 1.82) is 0 Å². The summed E-state index contributed by atoms with van der Waals surface area (Å²) in [4.78, 5) is 11.8. The van der Waals surface area contributed by atoms with Crippen molar-refractivity contribution in [1.82, 2.24) is 5.32 Å². The van der Waals surface area contributed by atoms with Crippen LogP contribution in [0.5, 0.6) is 0 Å². The molecular formula is C22H30ClNO2. The average molecular weight is 376 g/mol. The highest BCUT2D eigenvalue weighted by Crippen LogP contribution is 2.42. The van der Waals surface area contributed by atoms with Gasteiger partial charge in [-0.3, -0.25) is 4.79 Å². The topological polar surface area (TPSA) is 38.3 Å². The first-order valence-corrected chi connectivity index (χ1v) is 9.00. The SMILES string of the molecule is CC[C@H](OC(C)=O)C(C[C@@H](C)NC)(c1ccccc1)c1ccccc1.Cl. The number of rotatable bonds is 8. The molecule has 0 heterocycles. The van der Waals surface area contributed by atoms with E-state index in [0.717, 1.165) is 12.8 Å². The van der Waals surface area contributed by atoms with Gasteiger partial charge in [0.05, 0.1) is 5.41 Å². The Hall–Kier alpha value is -1.84. The van der Waals surface area contributed by atoms with Gasteiger partial charge in [0.25, 0.3) is 0 Å². The van der Waals surface area contributed by atoms with Crippen molar-refractivity contribution in [3.63, 3.8) is 0 Å². The lowest BCUT2D eigenvalue weighted by Crippen LogP contribution is -2.47. The van der Waals surface area contributed by atoms with Crippen molar-refractivity contribution in [2.45, 2.75) is 51.2 Å². The minimum Gasteiger partial charge on any atom is -0.461 e. The molecule has 0 amide bonds. The fraction of sp³-hybridized carbons (Fsp3) is 0.409. The number of carbonyl (C=O) groups is 1. The third-order valence-corrected chi connectivity index (χ3v) is 4.93. The van der Waals surface area contributed by atoms with Gasteiger partial charge in [0.1, 0.15) is 6.10 Å². The molecule has 0 aliphatic rings. The molecule has 0 fully saturated rings. The molecule has 0 saturated heterocycles. The molecule has 2 aromatic rings. The summed E-state index contributed by atoms with van der Waals surface area (Å²) in [6, 6.07) is 21.1. The lowest BCUT2D eigenvalue weighted by Gasteiger charge is -2.42. The molecule has 0 aromatic heterocycles. The van der Waals surface area contributed by atoms with Crippen molar-refractivity contribution in [3.8, 4) is 0 Å². The molecule has 0 bridgehead atoms. The molecule has 0 aliphatic carbocycles. The van der Waals surface area contributed by atoms with E-state index in [2.05, 4.69) is 67.7 Å². The van der Waals surface area contributed by atoms with Gasteiger partial charge in [-0.2, -0.15) is 0 Å². The molecule has 2 rings (SSSR count). The maximum absolute atomic E-state index is 11.8. The molecule has 26 heavy (non-hydrogen) atoms. The summed E-state index contributed by atoms with van der Waals surface area (Å²) in [6.07, 6.45) is 1.36. The third-order valence-electron chi connectivity index (χ3n) is 4.93. The molecule has 0 spiro atoms. The van der Waals surface area contributed by atoms with E-state index < -0.39 is 5.41 Å². The molecule has 2 atom stereocenters. The maximum atomic E-state index is 11.8. The van der Waals surface area contributed by atoms with E-state index in [9.17, 15) is 4.79 Å². The highest BCUT2D eigenvalue weighted by atomic mass is 35.5. The first-order chi connectivity index (χ1) is 12.0. The Morgan fingerprint density at radius 3 is 1.85 bits per heavy atom. The van der Waals surface area contributed by atoms with Crippen molar-refractivity contribution in [2.75, 3.05) is 7.05 Å². The Bertz CT molecular complexity index is 621. The molecule has 4 heteroatoms. The summed E-state index contributed by atoms with van der Waals surface area (Å²) in [7, 11) is 1.97. The highest BCUT2D eigenvalue weighted by Gasteiger charge is 2.44. The van der Waals surface area contributed by atoms with Crippen LogP contribution in [0.3, 0.4) is 0 Å². The predicted molar refractivity (Wildman–Crippen MR) is 110 cm³/mol. The van der Waals surface area contributed by atoms with Gasteiger partial charge < -0.3 is 10.1 Å². The molecular weight excluding hydrogens is 346 g/mol. The number of carbonyl (C=O) groups excluding carboxylic acids is 1. The second-order valence-corrected chi connectivity index (χ2v) is 6.60. The van der Waals surface area contributed by atoms with Gasteiger partial charge in [0, 0.05) is 13.0 Å². The Labute approximate surface area is 163 Å². The first-order valence-electron chi connectivity index (χ1n) is 9.00. The van der Waals surface area contributed by atoms with E-state index >= 15 is 0 Å². The first kappa shape index (κ1) is 22.2. The Kier molecular flexibility index (Phi) is 8.83.